The molecule has 1 N–H and O–H groups in total. The highest BCUT2D eigenvalue weighted by Crippen LogP contribution is 2.25. The van der Waals surface area contributed by atoms with Crippen molar-refractivity contribution in [2.75, 3.05) is 31.1 Å². The van der Waals surface area contributed by atoms with Gasteiger partial charge in [0.15, 0.2) is 0 Å². The Morgan fingerprint density at radius 3 is 2.43 bits per heavy atom. The number of aryl methyl sites for hydroxylation is 1. The number of carbonyl (C=O) groups excluding carboxylic acids is 2. The Balaban J connectivity index is 1.52. The van der Waals surface area contributed by atoms with E-state index in [0.29, 0.717) is 23.4 Å². The van der Waals surface area contributed by atoms with Gasteiger partial charge in [0, 0.05) is 54.8 Å². The summed E-state index contributed by atoms with van der Waals surface area (Å²) in [6.45, 7) is 9.16. The van der Waals surface area contributed by atoms with Crippen LogP contribution < -0.4 is 10.2 Å². The molecule has 0 unspecified atom stereocenters. The van der Waals surface area contributed by atoms with E-state index in [2.05, 4.69) is 15.2 Å². The second-order valence-electron chi connectivity index (χ2n) is 11.4. The number of aromatic nitrogens is 1. The molecule has 11 heteroatoms. The highest BCUT2D eigenvalue weighted by molar-refractivity contribution is 7.73. The van der Waals surface area contributed by atoms with Crippen molar-refractivity contribution >= 4 is 55.2 Å². The molecule has 1 saturated heterocycles. The number of pyridine rings is 1. The minimum atomic E-state index is -2.61. The predicted molar refractivity (Wildman–Crippen MR) is 167 cm³/mol. The Labute approximate surface area is 253 Å². The van der Waals surface area contributed by atoms with E-state index in [4.69, 9.17) is 16.3 Å². The average Bonchev–Trinajstić information content (AvgIpc) is 2.93. The van der Waals surface area contributed by atoms with Crippen LogP contribution in [0.25, 0.3) is 10.8 Å². The summed E-state index contributed by atoms with van der Waals surface area (Å²) in [4.78, 5) is 34.3. The summed E-state index contributed by atoms with van der Waals surface area (Å²) < 4.78 is 30.1. The predicted octanol–water partition coefficient (Wildman–Crippen LogP) is 5.01. The average molecular weight is 613 g/mol. The number of anilines is 1. The van der Waals surface area contributed by atoms with Crippen molar-refractivity contribution in [2.45, 2.75) is 58.6 Å². The molecule has 2 amide bonds. The van der Waals surface area contributed by atoms with E-state index in [9.17, 15) is 18.0 Å². The Morgan fingerprint density at radius 2 is 1.76 bits per heavy atom. The number of alkyl carbamates (subject to hydrolysis) is 1. The van der Waals surface area contributed by atoms with Crippen molar-refractivity contribution in [3.8, 4) is 0 Å². The van der Waals surface area contributed by atoms with Crippen LogP contribution in [0.1, 0.15) is 51.3 Å². The van der Waals surface area contributed by atoms with Gasteiger partial charge in [-0.2, -0.15) is 8.42 Å². The molecule has 0 aliphatic carbocycles. The molecule has 2 heterocycles. The molecule has 224 valence electrons. The molecule has 3 aromatic rings. The summed E-state index contributed by atoms with van der Waals surface area (Å²) >= 11 is 6.10. The maximum absolute atomic E-state index is 13.8. The third-order valence-corrected chi connectivity index (χ3v) is 8.15. The summed E-state index contributed by atoms with van der Waals surface area (Å²) in [5.74, 6) is -0.311. The van der Waals surface area contributed by atoms with Gasteiger partial charge in [0.05, 0.1) is 11.3 Å². The van der Waals surface area contributed by atoms with Crippen molar-refractivity contribution in [1.29, 1.82) is 0 Å². The number of hydrogen-bond acceptors (Lipinski definition) is 7. The van der Waals surface area contributed by atoms with Gasteiger partial charge < -0.3 is 19.9 Å². The van der Waals surface area contributed by atoms with E-state index >= 15 is 0 Å². The number of carbonyl (C=O) groups is 2. The van der Waals surface area contributed by atoms with Crippen LogP contribution in [0.5, 0.6) is 0 Å². The number of benzene rings is 2. The van der Waals surface area contributed by atoms with Crippen molar-refractivity contribution in [3.05, 3.63) is 71.0 Å². The van der Waals surface area contributed by atoms with Gasteiger partial charge in [-0.1, -0.05) is 29.8 Å². The third kappa shape index (κ3) is 8.45. The Bertz CT molecular complexity index is 1590. The first-order valence-corrected chi connectivity index (χ1v) is 15.4. The fourth-order valence-electron chi connectivity index (χ4n) is 5.15. The lowest BCUT2D eigenvalue weighted by Crippen LogP contribution is -2.50. The molecular formula is C31H37ClN4O5S. The Hall–Kier alpha value is -3.63. The first-order valence-electron chi connectivity index (χ1n) is 14.0. The maximum Gasteiger partial charge on any atom is 0.407 e. The second-order valence-corrected chi connectivity index (χ2v) is 12.8. The summed E-state index contributed by atoms with van der Waals surface area (Å²) in [5, 5.41) is 5.01. The zero-order valence-electron chi connectivity index (χ0n) is 24.4. The lowest BCUT2D eigenvalue weighted by Gasteiger charge is -2.39. The van der Waals surface area contributed by atoms with E-state index in [0.717, 1.165) is 35.2 Å². The van der Waals surface area contributed by atoms with Crippen molar-refractivity contribution in [2.24, 2.45) is 0 Å². The summed E-state index contributed by atoms with van der Waals surface area (Å²) in [5.41, 5.74) is 1.83. The number of halogens is 1. The molecule has 1 aliphatic rings. The molecule has 0 radical (unpaired) electrons. The van der Waals surface area contributed by atoms with E-state index in [1.165, 1.54) is 0 Å². The number of piperidine rings is 1. The number of hydrogen-bond donors (Lipinski definition) is 1. The Kier molecular flexibility index (Phi) is 10.1. The topological polar surface area (TPSA) is 109 Å². The molecule has 9 nitrogen and oxygen atoms in total. The first kappa shape index (κ1) is 31.3. The van der Waals surface area contributed by atoms with Crippen LogP contribution in [0, 0.1) is 6.92 Å². The van der Waals surface area contributed by atoms with Crippen molar-refractivity contribution < 1.29 is 22.7 Å². The third-order valence-electron chi connectivity index (χ3n) is 7.13. The molecule has 0 bridgehead atoms. The highest BCUT2D eigenvalue weighted by atomic mass is 35.5. The molecule has 1 fully saturated rings. The minimum Gasteiger partial charge on any atom is -0.444 e. The SMILES string of the molecule is Cc1cc(N2CCC(N(CCNC(=O)OC(C)(C)C)C(=O)CC(c3ccc4cc(Cl)ccc4c3)=S(=O)=O)CC2)ccn1. The summed E-state index contributed by atoms with van der Waals surface area (Å²) in [6, 6.07) is 14.5. The van der Waals surface area contributed by atoms with Gasteiger partial charge in [0.25, 0.3) is 0 Å². The molecular weight excluding hydrogens is 576 g/mol. The van der Waals surface area contributed by atoms with Gasteiger partial charge in [-0.05, 0) is 87.2 Å². The molecule has 0 atom stereocenters. The number of nitrogens with zero attached hydrogens (tertiary/aromatic N) is 3. The standard InChI is InChI=1S/C31H37ClN4O5S/c1-21-17-27(9-12-33-21)35-14-10-26(11-15-35)36(16-13-34-30(38)41-31(2,3)4)29(37)20-28(42(39)40)24-6-5-23-19-25(32)8-7-22(23)18-24/h5-9,12,17-19,26H,10-11,13-16,20H2,1-4H3,(H,34,38). The molecule has 0 spiro atoms. The van der Waals surface area contributed by atoms with E-state index < -0.39 is 22.0 Å². The van der Waals surface area contributed by atoms with Gasteiger partial charge in [-0.15, -0.1) is 0 Å². The monoisotopic (exact) mass is 612 g/mol. The fourth-order valence-corrected chi connectivity index (χ4v) is 5.89. The number of nitrogens with one attached hydrogen (secondary N) is 1. The number of fused-ring (bicyclic) bond motifs is 1. The number of rotatable bonds is 8. The largest absolute Gasteiger partial charge is 0.444 e. The molecule has 1 aromatic heterocycles. The molecule has 2 aromatic carbocycles. The van der Waals surface area contributed by atoms with Crippen LogP contribution in [0.15, 0.2) is 54.7 Å². The second kappa shape index (κ2) is 13.6. The summed E-state index contributed by atoms with van der Waals surface area (Å²) in [6.07, 6.45) is 2.34. The number of amides is 2. The highest BCUT2D eigenvalue weighted by Gasteiger charge is 2.29. The van der Waals surface area contributed by atoms with Gasteiger partial charge in [-0.3, -0.25) is 9.78 Å². The van der Waals surface area contributed by atoms with Gasteiger partial charge in [0.2, 0.25) is 16.2 Å². The quantitative estimate of drug-likeness (QED) is 0.281. The molecule has 0 saturated carbocycles. The van der Waals surface area contributed by atoms with E-state index in [1.54, 1.807) is 62.2 Å². The van der Waals surface area contributed by atoms with Crippen LogP contribution in [0.3, 0.4) is 0 Å². The lowest BCUT2D eigenvalue weighted by atomic mass is 10.00. The summed E-state index contributed by atoms with van der Waals surface area (Å²) in [7, 11) is -2.61. The lowest BCUT2D eigenvalue weighted by molar-refractivity contribution is -0.132. The normalized spacial score (nSPS) is 14.0. The molecule has 42 heavy (non-hydrogen) atoms. The van der Waals surface area contributed by atoms with Gasteiger partial charge in [0.1, 0.15) is 5.60 Å². The molecule has 1 aliphatic heterocycles. The van der Waals surface area contributed by atoms with Crippen molar-refractivity contribution in [3.63, 3.8) is 0 Å². The molecule has 4 rings (SSSR count). The minimum absolute atomic E-state index is 0.0200. The smallest absolute Gasteiger partial charge is 0.407 e. The van der Waals surface area contributed by atoms with Crippen LogP contribution in [0.2, 0.25) is 5.02 Å². The zero-order chi connectivity index (χ0) is 30.4. The van der Waals surface area contributed by atoms with Crippen LogP contribution in [0.4, 0.5) is 10.5 Å². The van der Waals surface area contributed by atoms with Crippen LogP contribution in [-0.4, -0.2) is 73.0 Å². The van der Waals surface area contributed by atoms with Crippen LogP contribution >= 0.6 is 11.6 Å². The van der Waals surface area contributed by atoms with Gasteiger partial charge in [-0.25, -0.2) is 4.79 Å². The van der Waals surface area contributed by atoms with Crippen molar-refractivity contribution in [1.82, 2.24) is 15.2 Å². The maximum atomic E-state index is 13.8. The fraction of sp³-hybridized carbons (Fsp3) is 0.419. The number of ether oxygens (including phenoxy) is 1. The first-order chi connectivity index (χ1) is 19.9. The van der Waals surface area contributed by atoms with Gasteiger partial charge >= 0.3 is 6.09 Å². The van der Waals surface area contributed by atoms with Crippen LogP contribution in [-0.2, 0) is 19.8 Å². The Morgan fingerprint density at radius 1 is 1.07 bits per heavy atom. The van der Waals surface area contributed by atoms with E-state index in [-0.39, 0.29) is 36.3 Å². The zero-order valence-corrected chi connectivity index (χ0v) is 26.0. The van der Waals surface area contributed by atoms with E-state index in [1.807, 2.05) is 25.1 Å².